The van der Waals surface area contributed by atoms with Crippen molar-refractivity contribution >= 4 is 17.7 Å². The number of hydrogen-bond donors (Lipinski definition) is 2. The number of para-hydroxylation sites is 1. The number of carbonyl (C=O) groups excluding carboxylic acids is 2. The third-order valence-electron chi connectivity index (χ3n) is 5.97. The molecule has 2 amide bonds. The Hall–Kier alpha value is -3.39. The highest BCUT2D eigenvalue weighted by Crippen LogP contribution is 2.29. The lowest BCUT2D eigenvalue weighted by atomic mass is 9.95. The number of halogens is 1. The number of carbonyl (C=O) groups is 2. The molecule has 0 saturated carbocycles. The minimum atomic E-state index is -0.708. The van der Waals surface area contributed by atoms with Crippen LogP contribution in [0.15, 0.2) is 59.8 Å². The molecule has 0 aliphatic carbocycles. The SMILES string of the molecule is COC(=O)C1=C(CN2CCN(c3ccccc3C)CC2)NC(=O)NC1c1ccc(F)cc1. The molecule has 1 fully saturated rings. The first-order chi connectivity index (χ1) is 15.5. The average molecular weight is 439 g/mol. The van der Waals surface area contributed by atoms with Crippen molar-refractivity contribution in [3.8, 4) is 0 Å². The van der Waals surface area contributed by atoms with Crippen molar-refractivity contribution in [3.05, 3.63) is 76.7 Å². The zero-order chi connectivity index (χ0) is 22.7. The lowest BCUT2D eigenvalue weighted by Gasteiger charge is -2.38. The highest BCUT2D eigenvalue weighted by molar-refractivity contribution is 5.95. The molecule has 2 aromatic carbocycles. The van der Waals surface area contributed by atoms with E-state index in [1.165, 1.54) is 30.5 Å². The maximum atomic E-state index is 13.4. The third kappa shape index (κ3) is 4.60. The van der Waals surface area contributed by atoms with Gasteiger partial charge in [0.05, 0.1) is 18.7 Å². The first-order valence-corrected chi connectivity index (χ1v) is 10.6. The summed E-state index contributed by atoms with van der Waals surface area (Å²) >= 11 is 0. The maximum Gasteiger partial charge on any atom is 0.338 e. The molecular weight excluding hydrogens is 411 g/mol. The van der Waals surface area contributed by atoms with E-state index in [2.05, 4.69) is 39.5 Å². The summed E-state index contributed by atoms with van der Waals surface area (Å²) in [5.74, 6) is -0.912. The summed E-state index contributed by atoms with van der Waals surface area (Å²) in [5, 5.41) is 5.55. The summed E-state index contributed by atoms with van der Waals surface area (Å²) < 4.78 is 18.4. The van der Waals surface area contributed by atoms with Gasteiger partial charge in [-0.3, -0.25) is 4.90 Å². The molecule has 168 valence electrons. The summed E-state index contributed by atoms with van der Waals surface area (Å²) in [6.45, 7) is 5.79. The zero-order valence-corrected chi connectivity index (χ0v) is 18.2. The van der Waals surface area contributed by atoms with E-state index >= 15 is 0 Å². The number of nitrogens with one attached hydrogen (secondary N) is 2. The van der Waals surface area contributed by atoms with Crippen molar-refractivity contribution in [1.29, 1.82) is 0 Å². The normalized spacial score (nSPS) is 19.4. The molecule has 1 saturated heterocycles. The minimum absolute atomic E-state index is 0.333. The van der Waals surface area contributed by atoms with Crippen molar-refractivity contribution < 1.29 is 18.7 Å². The summed E-state index contributed by atoms with van der Waals surface area (Å²) in [7, 11) is 1.31. The van der Waals surface area contributed by atoms with Crippen LogP contribution in [-0.2, 0) is 9.53 Å². The first-order valence-electron chi connectivity index (χ1n) is 10.6. The predicted octanol–water partition coefficient (Wildman–Crippen LogP) is 2.74. The smallest absolute Gasteiger partial charge is 0.338 e. The van der Waals surface area contributed by atoms with Crippen LogP contribution >= 0.6 is 0 Å². The van der Waals surface area contributed by atoms with Crippen LogP contribution in [0.3, 0.4) is 0 Å². The largest absolute Gasteiger partial charge is 0.466 e. The maximum absolute atomic E-state index is 13.4. The lowest BCUT2D eigenvalue weighted by Crippen LogP contribution is -2.51. The average Bonchev–Trinajstić information content (AvgIpc) is 2.80. The molecule has 2 aliphatic heterocycles. The highest BCUT2D eigenvalue weighted by atomic mass is 19.1. The van der Waals surface area contributed by atoms with Crippen molar-refractivity contribution in [3.63, 3.8) is 0 Å². The molecule has 2 heterocycles. The Labute approximate surface area is 186 Å². The Bertz CT molecular complexity index is 1030. The van der Waals surface area contributed by atoms with Crippen LogP contribution in [0.25, 0.3) is 0 Å². The van der Waals surface area contributed by atoms with Gasteiger partial charge in [-0.15, -0.1) is 0 Å². The van der Waals surface area contributed by atoms with Crippen LogP contribution in [0.1, 0.15) is 17.2 Å². The van der Waals surface area contributed by atoms with Crippen LogP contribution < -0.4 is 15.5 Å². The van der Waals surface area contributed by atoms with E-state index in [4.69, 9.17) is 4.74 Å². The van der Waals surface area contributed by atoms with Gasteiger partial charge in [0.15, 0.2) is 0 Å². The first kappa shape index (κ1) is 21.8. The van der Waals surface area contributed by atoms with Crippen LogP contribution in [0.2, 0.25) is 0 Å². The number of aryl methyl sites for hydroxylation is 1. The second kappa shape index (κ2) is 9.40. The van der Waals surface area contributed by atoms with Gasteiger partial charge in [0.2, 0.25) is 0 Å². The number of anilines is 1. The van der Waals surface area contributed by atoms with Crippen molar-refractivity contribution in [1.82, 2.24) is 15.5 Å². The molecule has 32 heavy (non-hydrogen) atoms. The van der Waals surface area contributed by atoms with E-state index in [9.17, 15) is 14.0 Å². The van der Waals surface area contributed by atoms with Gasteiger partial charge in [0.25, 0.3) is 0 Å². The number of rotatable bonds is 5. The molecule has 0 radical (unpaired) electrons. The molecule has 0 bridgehead atoms. The van der Waals surface area contributed by atoms with Gasteiger partial charge in [0.1, 0.15) is 5.82 Å². The van der Waals surface area contributed by atoms with Gasteiger partial charge in [-0.1, -0.05) is 30.3 Å². The van der Waals surface area contributed by atoms with E-state index in [-0.39, 0.29) is 5.82 Å². The van der Waals surface area contributed by atoms with Crippen LogP contribution in [0.5, 0.6) is 0 Å². The molecule has 0 spiro atoms. The fourth-order valence-electron chi connectivity index (χ4n) is 4.29. The molecule has 2 aromatic rings. The Morgan fingerprint density at radius 3 is 2.44 bits per heavy atom. The molecule has 4 rings (SSSR count). The third-order valence-corrected chi connectivity index (χ3v) is 5.97. The second-order valence-electron chi connectivity index (χ2n) is 8.02. The second-order valence-corrected chi connectivity index (χ2v) is 8.02. The summed E-state index contributed by atoms with van der Waals surface area (Å²) in [6, 6.07) is 12.9. The van der Waals surface area contributed by atoms with Gasteiger partial charge >= 0.3 is 12.0 Å². The summed E-state index contributed by atoms with van der Waals surface area (Å²) in [5.41, 5.74) is 3.93. The van der Waals surface area contributed by atoms with Gasteiger partial charge < -0.3 is 20.3 Å². The highest BCUT2D eigenvalue weighted by Gasteiger charge is 2.34. The van der Waals surface area contributed by atoms with Gasteiger partial charge in [-0.25, -0.2) is 14.0 Å². The van der Waals surface area contributed by atoms with E-state index in [1.54, 1.807) is 12.1 Å². The number of benzene rings is 2. The number of urea groups is 1. The molecule has 7 nitrogen and oxygen atoms in total. The summed E-state index contributed by atoms with van der Waals surface area (Å²) in [4.78, 5) is 29.6. The number of nitrogens with zero attached hydrogens (tertiary/aromatic N) is 2. The van der Waals surface area contributed by atoms with Crippen LogP contribution in [0.4, 0.5) is 14.9 Å². The fourth-order valence-corrected chi connectivity index (χ4v) is 4.29. The Morgan fingerprint density at radius 2 is 1.78 bits per heavy atom. The Balaban J connectivity index is 1.55. The van der Waals surface area contributed by atoms with E-state index < -0.39 is 18.0 Å². The van der Waals surface area contributed by atoms with E-state index in [0.717, 1.165) is 26.2 Å². The number of esters is 1. The zero-order valence-electron chi connectivity index (χ0n) is 18.2. The van der Waals surface area contributed by atoms with Gasteiger partial charge in [-0.2, -0.15) is 0 Å². The number of amides is 2. The Morgan fingerprint density at radius 1 is 1.09 bits per heavy atom. The van der Waals surface area contributed by atoms with Crippen LogP contribution in [-0.4, -0.2) is 56.7 Å². The quantitative estimate of drug-likeness (QED) is 0.703. The monoisotopic (exact) mass is 438 g/mol. The van der Waals surface area contributed by atoms with Gasteiger partial charge in [-0.05, 0) is 36.2 Å². The topological polar surface area (TPSA) is 73.9 Å². The Kier molecular flexibility index (Phi) is 6.41. The predicted molar refractivity (Wildman–Crippen MR) is 120 cm³/mol. The number of ether oxygens (including phenoxy) is 1. The van der Waals surface area contributed by atoms with E-state index in [0.29, 0.717) is 23.4 Å². The fraction of sp³-hybridized carbons (Fsp3) is 0.333. The molecule has 2 N–H and O–H groups in total. The number of hydrogen-bond acceptors (Lipinski definition) is 5. The van der Waals surface area contributed by atoms with E-state index in [1.807, 2.05) is 12.1 Å². The molecule has 2 aliphatic rings. The van der Waals surface area contributed by atoms with Crippen LogP contribution in [0, 0.1) is 12.7 Å². The summed E-state index contributed by atoms with van der Waals surface area (Å²) in [6.07, 6.45) is 0. The molecule has 8 heteroatoms. The number of piperazine rings is 1. The standard InChI is InChI=1S/C24H27FN4O3/c1-16-5-3-4-6-20(16)29-13-11-28(12-14-29)15-19-21(23(30)32-2)22(27-24(31)26-19)17-7-9-18(25)10-8-17/h3-10,22H,11-15H2,1-2H3,(H2,26,27,31). The molecule has 1 unspecified atom stereocenters. The van der Waals surface area contributed by atoms with Crippen molar-refractivity contribution in [2.24, 2.45) is 0 Å². The van der Waals surface area contributed by atoms with Crippen molar-refractivity contribution in [2.45, 2.75) is 13.0 Å². The van der Waals surface area contributed by atoms with Crippen molar-refractivity contribution in [2.75, 3.05) is 44.7 Å². The number of methoxy groups -OCH3 is 1. The molecule has 1 atom stereocenters. The lowest BCUT2D eigenvalue weighted by molar-refractivity contribution is -0.136. The minimum Gasteiger partial charge on any atom is -0.466 e. The van der Waals surface area contributed by atoms with Gasteiger partial charge in [0, 0.05) is 44.1 Å². The molecule has 0 aromatic heterocycles. The molecular formula is C24H27FN4O3.